The zero-order valence-electron chi connectivity index (χ0n) is 16.0. The van der Waals surface area contributed by atoms with Crippen molar-refractivity contribution >= 4 is 26.8 Å². The van der Waals surface area contributed by atoms with E-state index < -0.39 is 9.84 Å². The van der Waals surface area contributed by atoms with Gasteiger partial charge in [0.1, 0.15) is 5.69 Å². The molecule has 2 heterocycles. The third-order valence-corrected chi connectivity index (χ3v) is 6.91. The number of aryl methyl sites for hydroxylation is 1. The molecule has 4 rings (SSSR count). The lowest BCUT2D eigenvalue weighted by molar-refractivity contribution is 0.0941. The number of rotatable bonds is 4. The van der Waals surface area contributed by atoms with Crippen molar-refractivity contribution in [3.05, 3.63) is 75.7 Å². The summed E-state index contributed by atoms with van der Waals surface area (Å²) < 4.78 is 24.8. The van der Waals surface area contributed by atoms with Crippen LogP contribution in [-0.4, -0.2) is 41.4 Å². The number of amides is 1. The summed E-state index contributed by atoms with van der Waals surface area (Å²) in [5, 5.41) is 2.78. The molecule has 0 spiro atoms. The first-order valence-corrected chi connectivity index (χ1v) is 11.2. The quantitative estimate of drug-likeness (QED) is 0.704. The normalized spacial score (nSPS) is 18.0. The first-order valence-electron chi connectivity index (χ1n) is 9.39. The van der Waals surface area contributed by atoms with Crippen LogP contribution < -0.4 is 10.9 Å². The van der Waals surface area contributed by atoms with Gasteiger partial charge >= 0.3 is 0 Å². The number of nitrogens with one attached hydrogen (secondary N) is 1. The van der Waals surface area contributed by atoms with E-state index in [2.05, 4.69) is 10.3 Å². The van der Waals surface area contributed by atoms with Gasteiger partial charge < -0.3 is 9.88 Å². The van der Waals surface area contributed by atoms with Crippen LogP contribution in [0.25, 0.3) is 11.0 Å². The average Bonchev–Trinajstić information content (AvgIpc) is 3.04. The molecule has 0 aliphatic carbocycles. The SMILES string of the molecule is Cc1nc2ccccc2n(Cc2ccc(C(=O)N[C@H]3CCS(=O)(=O)C3)cc2)c1=O. The predicted molar refractivity (Wildman–Crippen MR) is 111 cm³/mol. The zero-order valence-corrected chi connectivity index (χ0v) is 16.8. The van der Waals surface area contributed by atoms with E-state index in [-0.39, 0.29) is 29.0 Å². The van der Waals surface area contributed by atoms with E-state index in [1.54, 1.807) is 35.8 Å². The van der Waals surface area contributed by atoms with Crippen LogP contribution in [0.15, 0.2) is 53.3 Å². The summed E-state index contributed by atoms with van der Waals surface area (Å²) in [4.78, 5) is 29.3. The lowest BCUT2D eigenvalue weighted by Crippen LogP contribution is -2.35. The molecule has 7 nitrogen and oxygen atoms in total. The van der Waals surface area contributed by atoms with E-state index in [9.17, 15) is 18.0 Å². The van der Waals surface area contributed by atoms with Crippen LogP contribution >= 0.6 is 0 Å². The highest BCUT2D eigenvalue weighted by molar-refractivity contribution is 7.91. The maximum Gasteiger partial charge on any atom is 0.272 e. The molecule has 3 aromatic rings. The lowest BCUT2D eigenvalue weighted by atomic mass is 10.1. The van der Waals surface area contributed by atoms with Gasteiger partial charge in [-0.3, -0.25) is 9.59 Å². The van der Waals surface area contributed by atoms with Gasteiger partial charge in [-0.05, 0) is 43.2 Å². The topological polar surface area (TPSA) is 98.1 Å². The monoisotopic (exact) mass is 411 g/mol. The molecule has 1 aliphatic rings. The number of aromatic nitrogens is 2. The number of para-hydroxylation sites is 2. The van der Waals surface area contributed by atoms with Crippen molar-refractivity contribution in [2.45, 2.75) is 25.9 Å². The molecule has 1 amide bonds. The van der Waals surface area contributed by atoms with Gasteiger partial charge in [0, 0.05) is 11.6 Å². The smallest absolute Gasteiger partial charge is 0.272 e. The van der Waals surface area contributed by atoms with Gasteiger partial charge in [0.2, 0.25) is 0 Å². The fourth-order valence-corrected chi connectivity index (χ4v) is 5.27. The molecule has 1 fully saturated rings. The summed E-state index contributed by atoms with van der Waals surface area (Å²) in [7, 11) is -3.04. The second-order valence-electron chi connectivity index (χ2n) is 7.35. The van der Waals surface area contributed by atoms with E-state index in [0.717, 1.165) is 16.6 Å². The van der Waals surface area contributed by atoms with Gasteiger partial charge in [-0.2, -0.15) is 0 Å². The largest absolute Gasteiger partial charge is 0.348 e. The summed E-state index contributed by atoms with van der Waals surface area (Å²) in [5.41, 5.74) is 3.14. The van der Waals surface area contributed by atoms with E-state index in [0.29, 0.717) is 24.2 Å². The van der Waals surface area contributed by atoms with Crippen molar-refractivity contribution in [1.82, 2.24) is 14.9 Å². The molecular weight excluding hydrogens is 390 g/mol. The summed E-state index contributed by atoms with van der Waals surface area (Å²) in [6.45, 7) is 2.06. The van der Waals surface area contributed by atoms with Crippen molar-refractivity contribution in [2.24, 2.45) is 0 Å². The van der Waals surface area contributed by atoms with Gasteiger partial charge in [0.25, 0.3) is 11.5 Å². The fraction of sp³-hybridized carbons (Fsp3) is 0.286. The summed E-state index contributed by atoms with van der Waals surface area (Å²) >= 11 is 0. The Kier molecular flexibility index (Phi) is 4.96. The Morgan fingerprint density at radius 3 is 2.59 bits per heavy atom. The fourth-order valence-electron chi connectivity index (χ4n) is 3.60. The first kappa shape index (κ1) is 19.3. The Morgan fingerprint density at radius 2 is 1.90 bits per heavy atom. The first-order chi connectivity index (χ1) is 13.8. The number of carbonyl (C=O) groups is 1. The Balaban J connectivity index is 1.54. The van der Waals surface area contributed by atoms with E-state index in [1.165, 1.54) is 0 Å². The van der Waals surface area contributed by atoms with Crippen LogP contribution in [0.5, 0.6) is 0 Å². The maximum absolute atomic E-state index is 12.6. The average molecular weight is 411 g/mol. The van der Waals surface area contributed by atoms with Crippen molar-refractivity contribution in [3.63, 3.8) is 0 Å². The minimum absolute atomic E-state index is 0.00575. The van der Waals surface area contributed by atoms with Crippen molar-refractivity contribution in [3.8, 4) is 0 Å². The van der Waals surface area contributed by atoms with Crippen LogP contribution in [0.2, 0.25) is 0 Å². The molecule has 8 heteroatoms. The molecule has 1 atom stereocenters. The number of nitrogens with zero attached hydrogens (tertiary/aromatic N) is 2. The Bertz CT molecular complexity index is 1250. The molecule has 0 saturated carbocycles. The molecule has 150 valence electrons. The highest BCUT2D eigenvalue weighted by Gasteiger charge is 2.29. The predicted octanol–water partition coefficient (Wildman–Crippen LogP) is 1.67. The van der Waals surface area contributed by atoms with Crippen LogP contribution in [0.4, 0.5) is 0 Å². The van der Waals surface area contributed by atoms with Crippen molar-refractivity contribution < 1.29 is 13.2 Å². The molecule has 1 aromatic heterocycles. The minimum Gasteiger partial charge on any atom is -0.348 e. The number of benzene rings is 2. The van der Waals surface area contributed by atoms with Crippen molar-refractivity contribution in [1.29, 1.82) is 0 Å². The lowest BCUT2D eigenvalue weighted by Gasteiger charge is -2.13. The number of sulfone groups is 1. The van der Waals surface area contributed by atoms with Gasteiger partial charge in [-0.15, -0.1) is 0 Å². The second-order valence-corrected chi connectivity index (χ2v) is 9.58. The molecule has 1 aliphatic heterocycles. The molecule has 0 bridgehead atoms. The van der Waals surface area contributed by atoms with Gasteiger partial charge in [-0.25, -0.2) is 13.4 Å². The Morgan fingerprint density at radius 1 is 1.17 bits per heavy atom. The van der Waals surface area contributed by atoms with Crippen molar-refractivity contribution in [2.75, 3.05) is 11.5 Å². The highest BCUT2D eigenvalue weighted by atomic mass is 32.2. The molecular formula is C21H21N3O4S. The second kappa shape index (κ2) is 7.44. The molecule has 0 radical (unpaired) electrons. The molecule has 1 N–H and O–H groups in total. The minimum atomic E-state index is -3.04. The van der Waals surface area contributed by atoms with Crippen LogP contribution in [-0.2, 0) is 16.4 Å². The number of hydrogen-bond acceptors (Lipinski definition) is 5. The third kappa shape index (κ3) is 4.07. The van der Waals surface area contributed by atoms with Gasteiger partial charge in [-0.1, -0.05) is 24.3 Å². The van der Waals surface area contributed by atoms with Gasteiger partial charge in [0.05, 0.1) is 29.1 Å². The highest BCUT2D eigenvalue weighted by Crippen LogP contribution is 2.14. The molecule has 1 saturated heterocycles. The van der Waals surface area contributed by atoms with Crippen LogP contribution in [0.1, 0.15) is 28.0 Å². The number of carbonyl (C=O) groups excluding carboxylic acids is 1. The Hall–Kier alpha value is -3.00. The summed E-state index contributed by atoms with van der Waals surface area (Å²) in [6.07, 6.45) is 0.448. The zero-order chi connectivity index (χ0) is 20.6. The van der Waals surface area contributed by atoms with Crippen LogP contribution in [0, 0.1) is 6.92 Å². The number of hydrogen-bond donors (Lipinski definition) is 1. The number of fused-ring (bicyclic) bond motifs is 1. The van der Waals surface area contributed by atoms with E-state index in [4.69, 9.17) is 0 Å². The summed E-state index contributed by atoms with van der Waals surface area (Å²) in [5.74, 6) is -0.180. The maximum atomic E-state index is 12.6. The molecule has 29 heavy (non-hydrogen) atoms. The van der Waals surface area contributed by atoms with E-state index in [1.807, 2.05) is 24.3 Å². The Labute approximate surface area is 168 Å². The summed E-state index contributed by atoms with van der Waals surface area (Å²) in [6, 6.07) is 14.1. The van der Waals surface area contributed by atoms with Crippen LogP contribution in [0.3, 0.4) is 0 Å². The standard InChI is InChI=1S/C21H21N3O4S/c1-14-21(26)24(19-5-3-2-4-18(19)22-14)12-15-6-8-16(9-7-15)20(25)23-17-10-11-29(27,28)13-17/h2-9,17H,10-13H2,1H3,(H,23,25)/t17-/m0/s1. The third-order valence-electron chi connectivity index (χ3n) is 5.14. The van der Waals surface area contributed by atoms with Gasteiger partial charge in [0.15, 0.2) is 9.84 Å². The van der Waals surface area contributed by atoms with E-state index >= 15 is 0 Å². The molecule has 0 unspecified atom stereocenters. The molecule has 2 aromatic carbocycles.